The molecule has 1 amide bonds. The Morgan fingerprint density at radius 1 is 1.29 bits per heavy atom. The summed E-state index contributed by atoms with van der Waals surface area (Å²) in [5.74, 6) is 1.09. The zero-order chi connectivity index (χ0) is 17.1. The van der Waals surface area contributed by atoms with Gasteiger partial charge in [0.05, 0.1) is 18.4 Å². The van der Waals surface area contributed by atoms with Crippen LogP contribution < -0.4 is 20.5 Å². The van der Waals surface area contributed by atoms with Gasteiger partial charge in [-0.15, -0.1) is 0 Å². The van der Waals surface area contributed by atoms with Crippen molar-refractivity contribution in [2.75, 3.05) is 24.8 Å². The van der Waals surface area contributed by atoms with Gasteiger partial charge in [-0.3, -0.25) is 4.79 Å². The number of thiazole rings is 1. The molecular weight excluding hydrogens is 326 g/mol. The number of benzene rings is 2. The number of amides is 1. The Kier molecular flexibility index (Phi) is 4.52. The van der Waals surface area contributed by atoms with Gasteiger partial charge in [0, 0.05) is 17.3 Å². The molecule has 0 fully saturated rings. The van der Waals surface area contributed by atoms with Crippen LogP contribution in [0, 0.1) is 0 Å². The van der Waals surface area contributed by atoms with E-state index in [0.29, 0.717) is 34.3 Å². The number of nitrogens with zero attached hydrogens (tertiary/aromatic N) is 1. The van der Waals surface area contributed by atoms with Gasteiger partial charge in [-0.05, 0) is 37.3 Å². The first-order valence-corrected chi connectivity index (χ1v) is 8.20. The Morgan fingerprint density at radius 2 is 2.04 bits per heavy atom. The first-order chi connectivity index (χ1) is 11.6. The first-order valence-electron chi connectivity index (χ1n) is 7.39. The predicted molar refractivity (Wildman–Crippen MR) is 96.1 cm³/mol. The van der Waals surface area contributed by atoms with Crippen molar-refractivity contribution >= 4 is 38.3 Å². The molecule has 0 bridgehead atoms. The van der Waals surface area contributed by atoms with E-state index < -0.39 is 0 Å². The third kappa shape index (κ3) is 3.26. The summed E-state index contributed by atoms with van der Waals surface area (Å²) in [7, 11) is 1.56. The number of nitrogens with one attached hydrogen (secondary N) is 1. The number of aromatic nitrogens is 1. The molecule has 0 saturated heterocycles. The zero-order valence-electron chi connectivity index (χ0n) is 13.3. The quantitative estimate of drug-likeness (QED) is 0.740. The maximum absolute atomic E-state index is 12.4. The van der Waals surface area contributed by atoms with Gasteiger partial charge in [-0.25, -0.2) is 4.98 Å². The van der Waals surface area contributed by atoms with Crippen molar-refractivity contribution in [3.8, 4) is 11.5 Å². The van der Waals surface area contributed by atoms with E-state index in [1.165, 1.54) is 11.3 Å². The number of fused-ring (bicyclic) bond motifs is 1. The molecule has 3 rings (SSSR count). The monoisotopic (exact) mass is 343 g/mol. The van der Waals surface area contributed by atoms with Crippen molar-refractivity contribution in [2.24, 2.45) is 0 Å². The Morgan fingerprint density at radius 3 is 2.71 bits per heavy atom. The Labute approximate surface area is 143 Å². The fraction of sp³-hybridized carbons (Fsp3) is 0.176. The van der Waals surface area contributed by atoms with Gasteiger partial charge in [-0.2, -0.15) is 0 Å². The van der Waals surface area contributed by atoms with Crippen LogP contribution in [0.15, 0.2) is 36.4 Å². The minimum atomic E-state index is -0.211. The number of anilines is 2. The molecule has 3 N–H and O–H groups in total. The molecule has 6 nitrogen and oxygen atoms in total. The van der Waals surface area contributed by atoms with Crippen molar-refractivity contribution in [3.05, 3.63) is 42.0 Å². The highest BCUT2D eigenvalue weighted by Crippen LogP contribution is 2.34. The third-order valence-corrected chi connectivity index (χ3v) is 4.21. The zero-order valence-corrected chi connectivity index (χ0v) is 14.1. The Balaban J connectivity index is 1.84. The van der Waals surface area contributed by atoms with E-state index in [-0.39, 0.29) is 5.91 Å². The van der Waals surface area contributed by atoms with Crippen LogP contribution in [-0.2, 0) is 0 Å². The summed E-state index contributed by atoms with van der Waals surface area (Å²) in [5, 5.41) is 3.32. The van der Waals surface area contributed by atoms with Crippen molar-refractivity contribution in [3.63, 3.8) is 0 Å². The van der Waals surface area contributed by atoms with Gasteiger partial charge in [0.25, 0.3) is 5.91 Å². The minimum absolute atomic E-state index is 0.211. The van der Waals surface area contributed by atoms with Crippen molar-refractivity contribution in [2.45, 2.75) is 6.92 Å². The number of nitrogen functional groups attached to an aromatic ring is 1. The second-order valence-corrected chi connectivity index (χ2v) is 6.05. The maximum Gasteiger partial charge on any atom is 0.255 e. The van der Waals surface area contributed by atoms with Crippen LogP contribution >= 0.6 is 11.3 Å². The highest BCUT2D eigenvalue weighted by atomic mass is 32.1. The predicted octanol–water partition coefficient (Wildman–Crippen LogP) is 3.54. The average Bonchev–Trinajstić information content (AvgIpc) is 2.95. The van der Waals surface area contributed by atoms with Gasteiger partial charge < -0.3 is 20.5 Å². The van der Waals surface area contributed by atoms with Gasteiger partial charge in [0.15, 0.2) is 5.13 Å². The van der Waals surface area contributed by atoms with E-state index in [0.717, 1.165) is 10.4 Å². The standard InChI is InChI=1S/C17H17N3O3S/c1-3-23-12-6-4-10(5-7-12)16(21)19-11-8-13(22-2)15-14(9-11)24-17(18)20-15/h4-9H,3H2,1-2H3,(H2,18,20)(H,19,21). The summed E-state index contributed by atoms with van der Waals surface area (Å²) >= 11 is 1.34. The van der Waals surface area contributed by atoms with Gasteiger partial charge >= 0.3 is 0 Å². The molecule has 0 radical (unpaired) electrons. The molecule has 0 saturated carbocycles. The molecule has 0 aliphatic carbocycles. The number of rotatable bonds is 5. The van der Waals surface area contributed by atoms with E-state index in [1.807, 2.05) is 13.0 Å². The molecule has 24 heavy (non-hydrogen) atoms. The van der Waals surface area contributed by atoms with Gasteiger partial charge in [0.1, 0.15) is 17.0 Å². The number of hydrogen-bond acceptors (Lipinski definition) is 6. The molecular formula is C17H17N3O3S. The Hall–Kier alpha value is -2.80. The molecule has 0 aliphatic rings. The lowest BCUT2D eigenvalue weighted by molar-refractivity contribution is 0.102. The second kappa shape index (κ2) is 6.76. The van der Waals surface area contributed by atoms with Crippen LogP contribution in [0.1, 0.15) is 17.3 Å². The van der Waals surface area contributed by atoms with Crippen LogP contribution in [0.25, 0.3) is 10.2 Å². The molecule has 3 aromatic rings. The molecule has 1 aromatic heterocycles. The average molecular weight is 343 g/mol. The topological polar surface area (TPSA) is 86.5 Å². The van der Waals surface area contributed by atoms with E-state index in [4.69, 9.17) is 15.2 Å². The molecule has 0 unspecified atom stereocenters. The summed E-state index contributed by atoms with van der Waals surface area (Å²) < 4.78 is 11.6. The largest absolute Gasteiger partial charge is 0.494 e. The third-order valence-electron chi connectivity index (χ3n) is 3.38. The molecule has 124 valence electrons. The van der Waals surface area contributed by atoms with Crippen molar-refractivity contribution in [1.29, 1.82) is 0 Å². The lowest BCUT2D eigenvalue weighted by atomic mass is 10.2. The summed E-state index contributed by atoms with van der Waals surface area (Å²) in [6, 6.07) is 10.5. The lowest BCUT2D eigenvalue weighted by Crippen LogP contribution is -2.11. The summed E-state index contributed by atoms with van der Waals surface area (Å²) in [6.07, 6.45) is 0. The lowest BCUT2D eigenvalue weighted by Gasteiger charge is -2.09. The first kappa shape index (κ1) is 16.1. The normalized spacial score (nSPS) is 10.6. The summed E-state index contributed by atoms with van der Waals surface area (Å²) in [4.78, 5) is 16.6. The molecule has 0 spiro atoms. The number of carbonyl (C=O) groups is 1. The van der Waals surface area contributed by atoms with Crippen LogP contribution in [-0.4, -0.2) is 24.6 Å². The van der Waals surface area contributed by atoms with Gasteiger partial charge in [0.2, 0.25) is 0 Å². The number of carbonyl (C=O) groups excluding carboxylic acids is 1. The maximum atomic E-state index is 12.4. The fourth-order valence-electron chi connectivity index (χ4n) is 2.32. The number of nitrogens with two attached hydrogens (primary N) is 1. The minimum Gasteiger partial charge on any atom is -0.494 e. The molecule has 1 heterocycles. The van der Waals surface area contributed by atoms with E-state index in [9.17, 15) is 4.79 Å². The SMILES string of the molecule is CCOc1ccc(C(=O)Nc2cc(OC)c3nc(N)sc3c2)cc1. The molecule has 0 atom stereocenters. The van der Waals surface area contributed by atoms with Crippen LogP contribution in [0.3, 0.4) is 0 Å². The van der Waals surface area contributed by atoms with E-state index >= 15 is 0 Å². The fourth-order valence-corrected chi connectivity index (χ4v) is 3.11. The highest BCUT2D eigenvalue weighted by molar-refractivity contribution is 7.22. The van der Waals surface area contributed by atoms with Crippen molar-refractivity contribution < 1.29 is 14.3 Å². The summed E-state index contributed by atoms with van der Waals surface area (Å²) in [5.41, 5.74) is 7.61. The van der Waals surface area contributed by atoms with Crippen LogP contribution in [0.4, 0.5) is 10.8 Å². The van der Waals surface area contributed by atoms with Crippen LogP contribution in [0.2, 0.25) is 0 Å². The number of methoxy groups -OCH3 is 1. The van der Waals surface area contributed by atoms with Crippen LogP contribution in [0.5, 0.6) is 11.5 Å². The highest BCUT2D eigenvalue weighted by Gasteiger charge is 2.12. The number of hydrogen-bond donors (Lipinski definition) is 2. The smallest absolute Gasteiger partial charge is 0.255 e. The summed E-state index contributed by atoms with van der Waals surface area (Å²) in [6.45, 7) is 2.50. The van der Waals surface area contributed by atoms with E-state index in [2.05, 4.69) is 10.3 Å². The van der Waals surface area contributed by atoms with E-state index in [1.54, 1.807) is 37.4 Å². The Bertz CT molecular complexity index is 875. The number of ether oxygens (including phenoxy) is 2. The molecule has 7 heteroatoms. The molecule has 0 aliphatic heterocycles. The van der Waals surface area contributed by atoms with Crippen molar-refractivity contribution in [1.82, 2.24) is 4.98 Å². The molecule has 2 aromatic carbocycles. The second-order valence-electron chi connectivity index (χ2n) is 4.99. The van der Waals surface area contributed by atoms with Gasteiger partial charge in [-0.1, -0.05) is 11.3 Å².